The molecule has 2 aliphatic rings. The van der Waals surface area contributed by atoms with Gasteiger partial charge in [-0.3, -0.25) is 24.3 Å². The van der Waals surface area contributed by atoms with E-state index in [1.165, 1.54) is 25.1 Å². The molecule has 0 spiro atoms. The average molecular weight is 422 g/mol. The number of para-hydroxylation sites is 1. The predicted molar refractivity (Wildman–Crippen MR) is 102 cm³/mol. The first-order chi connectivity index (χ1) is 14.1. The number of rotatable bonds is 5. The van der Waals surface area contributed by atoms with Gasteiger partial charge in [-0.15, -0.1) is 0 Å². The Morgan fingerprint density at radius 3 is 2.63 bits per heavy atom. The van der Waals surface area contributed by atoms with Gasteiger partial charge in [0.1, 0.15) is 5.52 Å². The minimum Gasteiger partial charge on any atom is -0.317 e. The largest absolute Gasteiger partial charge is 0.440 e. The van der Waals surface area contributed by atoms with Crippen molar-refractivity contribution in [3.63, 3.8) is 0 Å². The van der Waals surface area contributed by atoms with Crippen molar-refractivity contribution < 1.29 is 27.6 Å². The van der Waals surface area contributed by atoms with E-state index in [1.807, 2.05) is 5.32 Å². The molecular weight excluding hydrogens is 401 g/mol. The number of alkyl halides is 3. The maximum Gasteiger partial charge on any atom is 0.440 e. The Labute approximate surface area is 170 Å². The van der Waals surface area contributed by atoms with E-state index in [2.05, 4.69) is 10.3 Å². The summed E-state index contributed by atoms with van der Waals surface area (Å²) in [6, 6.07) is 4.20. The number of ketones is 1. The summed E-state index contributed by atoms with van der Waals surface area (Å²) in [7, 11) is 0. The molecule has 160 valence electrons. The highest BCUT2D eigenvalue weighted by atomic mass is 19.4. The molecule has 1 aliphatic carbocycles. The predicted octanol–water partition coefficient (Wildman–Crippen LogP) is 3.49. The van der Waals surface area contributed by atoms with Gasteiger partial charge in [0.15, 0.2) is 5.78 Å². The Balaban J connectivity index is 1.76. The van der Waals surface area contributed by atoms with Crippen molar-refractivity contribution in [1.82, 2.24) is 14.9 Å². The second-order valence-electron chi connectivity index (χ2n) is 7.90. The van der Waals surface area contributed by atoms with Gasteiger partial charge in [0.05, 0.1) is 5.52 Å². The van der Waals surface area contributed by atoms with Crippen molar-refractivity contribution >= 4 is 34.6 Å². The third-order valence-corrected chi connectivity index (χ3v) is 5.94. The molecule has 1 atom stereocenters. The minimum atomic E-state index is -5.13. The van der Waals surface area contributed by atoms with Crippen LogP contribution in [0.1, 0.15) is 55.8 Å². The Hall–Kier alpha value is -2.91. The summed E-state index contributed by atoms with van der Waals surface area (Å²) in [5.41, 5.74) is -3.22. The van der Waals surface area contributed by atoms with Crippen LogP contribution in [0, 0.1) is 5.92 Å². The van der Waals surface area contributed by atoms with E-state index >= 15 is 0 Å². The number of imidazole rings is 1. The summed E-state index contributed by atoms with van der Waals surface area (Å²) < 4.78 is 43.6. The number of carbonyl (C=O) groups excluding carboxylic acids is 3. The van der Waals surface area contributed by atoms with Crippen LogP contribution in [-0.4, -0.2) is 33.3 Å². The van der Waals surface area contributed by atoms with Gasteiger partial charge in [0.25, 0.3) is 11.6 Å². The van der Waals surface area contributed by atoms with Crippen LogP contribution in [0.3, 0.4) is 0 Å². The van der Waals surface area contributed by atoms with Crippen LogP contribution in [0.4, 0.5) is 19.1 Å². The summed E-state index contributed by atoms with van der Waals surface area (Å²) in [6.45, 7) is 1.28. The van der Waals surface area contributed by atoms with E-state index in [-0.39, 0.29) is 34.7 Å². The van der Waals surface area contributed by atoms with E-state index in [0.717, 1.165) is 25.7 Å². The molecule has 1 aromatic carbocycles. The van der Waals surface area contributed by atoms with Gasteiger partial charge in [-0.1, -0.05) is 31.7 Å². The van der Waals surface area contributed by atoms with Crippen molar-refractivity contribution in [3.05, 3.63) is 23.8 Å². The number of halogens is 3. The van der Waals surface area contributed by atoms with Gasteiger partial charge in [-0.25, -0.2) is 4.98 Å². The summed E-state index contributed by atoms with van der Waals surface area (Å²) in [5.74, 6) is -2.70. The van der Waals surface area contributed by atoms with Gasteiger partial charge >= 0.3 is 6.18 Å². The Morgan fingerprint density at radius 2 is 2.00 bits per heavy atom. The van der Waals surface area contributed by atoms with E-state index in [1.54, 1.807) is 0 Å². The number of nitrogens with zero attached hydrogens (tertiary/aromatic N) is 2. The Bertz CT molecular complexity index is 1040. The normalized spacial score (nSPS) is 21.7. The molecule has 1 saturated carbocycles. The van der Waals surface area contributed by atoms with Crippen LogP contribution in [0.25, 0.3) is 11.0 Å². The molecule has 1 fully saturated rings. The van der Waals surface area contributed by atoms with Crippen LogP contribution in [0.15, 0.2) is 18.2 Å². The molecule has 2 N–H and O–H groups in total. The molecule has 1 aromatic heterocycles. The average Bonchev–Trinajstić information content (AvgIpc) is 3.35. The minimum absolute atomic E-state index is 0.0360. The number of Topliss-reactive ketones (excluding diaryl/α,β-unsaturated/α-hetero) is 1. The standard InChI is InChI=1S/C20H21F3N4O3/c1-11(28)13-7-4-8-14-16(13)24-18-25-17(30)19(27(14)18,20(21,22)23)26-15(29)10-9-12-5-2-3-6-12/h4,7-8,12H,2-3,5-6,9-10H2,1H3,(H,26,29)(H,24,25,30). The zero-order valence-corrected chi connectivity index (χ0v) is 16.3. The molecule has 0 radical (unpaired) electrons. The number of benzene rings is 1. The molecular formula is C20H21F3N4O3. The molecule has 1 unspecified atom stereocenters. The smallest absolute Gasteiger partial charge is 0.317 e. The maximum absolute atomic E-state index is 14.3. The van der Waals surface area contributed by atoms with Crippen molar-refractivity contribution in [3.8, 4) is 0 Å². The Morgan fingerprint density at radius 1 is 1.30 bits per heavy atom. The first-order valence-electron chi connectivity index (χ1n) is 9.87. The molecule has 0 bridgehead atoms. The summed E-state index contributed by atoms with van der Waals surface area (Å²) in [5, 5.41) is 4.07. The third-order valence-electron chi connectivity index (χ3n) is 5.94. The van der Waals surface area contributed by atoms with Crippen LogP contribution in [0.5, 0.6) is 0 Å². The van der Waals surface area contributed by atoms with Gasteiger partial charge in [0, 0.05) is 12.0 Å². The van der Waals surface area contributed by atoms with Gasteiger partial charge < -0.3 is 5.32 Å². The van der Waals surface area contributed by atoms with Crippen molar-refractivity contribution in [2.75, 3.05) is 5.32 Å². The van der Waals surface area contributed by atoms with Crippen molar-refractivity contribution in [2.45, 2.75) is 57.3 Å². The first-order valence-corrected chi connectivity index (χ1v) is 9.87. The van der Waals surface area contributed by atoms with Crippen molar-refractivity contribution in [2.24, 2.45) is 5.92 Å². The number of hydrogen-bond donors (Lipinski definition) is 2. The maximum atomic E-state index is 14.3. The molecule has 2 aromatic rings. The van der Waals surface area contributed by atoms with E-state index in [9.17, 15) is 27.6 Å². The van der Waals surface area contributed by atoms with Crippen LogP contribution in [-0.2, 0) is 15.3 Å². The lowest BCUT2D eigenvalue weighted by molar-refractivity contribution is -0.217. The highest BCUT2D eigenvalue weighted by Gasteiger charge is 2.67. The van der Waals surface area contributed by atoms with Crippen LogP contribution < -0.4 is 10.6 Å². The number of aromatic nitrogens is 2. The number of fused-ring (bicyclic) bond motifs is 3. The zero-order valence-electron chi connectivity index (χ0n) is 16.3. The molecule has 0 saturated heterocycles. The second kappa shape index (κ2) is 7.10. The summed E-state index contributed by atoms with van der Waals surface area (Å²) >= 11 is 0. The molecule has 7 nitrogen and oxygen atoms in total. The van der Waals surface area contributed by atoms with Crippen LogP contribution in [0.2, 0.25) is 0 Å². The van der Waals surface area contributed by atoms with Crippen LogP contribution >= 0.6 is 0 Å². The van der Waals surface area contributed by atoms with Gasteiger partial charge in [-0.05, 0) is 31.4 Å². The van der Waals surface area contributed by atoms with E-state index in [4.69, 9.17) is 0 Å². The number of amides is 2. The van der Waals surface area contributed by atoms with E-state index < -0.39 is 23.7 Å². The second-order valence-corrected chi connectivity index (χ2v) is 7.90. The fraction of sp³-hybridized carbons (Fsp3) is 0.500. The van der Waals surface area contributed by atoms with E-state index in [0.29, 0.717) is 16.9 Å². The van der Waals surface area contributed by atoms with Crippen molar-refractivity contribution in [1.29, 1.82) is 0 Å². The SMILES string of the molecule is CC(=O)c1cccc2c1nc1n2C(NC(=O)CCC2CCCC2)(C(F)(F)F)C(=O)N1. The highest BCUT2D eigenvalue weighted by Crippen LogP contribution is 2.44. The fourth-order valence-corrected chi connectivity index (χ4v) is 4.44. The third kappa shape index (κ3) is 3.05. The van der Waals surface area contributed by atoms with Gasteiger partial charge in [0.2, 0.25) is 11.9 Å². The lowest BCUT2D eigenvalue weighted by atomic mass is 10.0. The first kappa shape index (κ1) is 20.4. The lowest BCUT2D eigenvalue weighted by Crippen LogP contribution is -2.63. The molecule has 30 heavy (non-hydrogen) atoms. The number of nitrogens with one attached hydrogen (secondary N) is 2. The summed E-state index contributed by atoms with van der Waals surface area (Å²) in [4.78, 5) is 41.0. The monoisotopic (exact) mass is 422 g/mol. The molecule has 2 amide bonds. The number of carbonyl (C=O) groups is 3. The molecule has 4 rings (SSSR count). The molecule has 1 aliphatic heterocycles. The zero-order chi connectivity index (χ0) is 21.7. The quantitative estimate of drug-likeness (QED) is 0.722. The lowest BCUT2D eigenvalue weighted by Gasteiger charge is -2.32. The highest BCUT2D eigenvalue weighted by molar-refractivity contribution is 6.09. The fourth-order valence-electron chi connectivity index (χ4n) is 4.44. The van der Waals surface area contributed by atoms with Gasteiger partial charge in [-0.2, -0.15) is 13.2 Å². The summed E-state index contributed by atoms with van der Waals surface area (Å²) in [6.07, 6.45) is -0.715. The molecule has 10 heteroatoms. The number of anilines is 1. The molecule has 2 heterocycles. The Kier molecular flexibility index (Phi) is 4.82. The number of hydrogen-bond acceptors (Lipinski definition) is 4. The topological polar surface area (TPSA) is 93.1 Å².